The Kier molecular flexibility index (Phi) is 5.16. The van der Waals surface area contributed by atoms with Crippen molar-refractivity contribution in [2.75, 3.05) is 30.0 Å². The molecule has 0 fully saturated rings. The Morgan fingerprint density at radius 3 is 2.29 bits per heavy atom. The van der Waals surface area contributed by atoms with Crippen LogP contribution >= 0.6 is 23.2 Å². The second-order valence-corrected chi connectivity index (χ2v) is 5.98. The van der Waals surface area contributed by atoms with Crippen LogP contribution in [0.3, 0.4) is 0 Å². The van der Waals surface area contributed by atoms with Gasteiger partial charge >= 0.3 is 0 Å². The Labute approximate surface area is 148 Å². The van der Waals surface area contributed by atoms with E-state index in [4.69, 9.17) is 28.9 Å². The highest BCUT2D eigenvalue weighted by Gasteiger charge is 2.18. The molecule has 9 heteroatoms. The van der Waals surface area contributed by atoms with E-state index < -0.39 is 10.8 Å². The van der Waals surface area contributed by atoms with Gasteiger partial charge in [-0.15, -0.1) is 0 Å². The van der Waals surface area contributed by atoms with E-state index in [0.29, 0.717) is 11.4 Å². The average Bonchev–Trinajstić information content (AvgIpc) is 2.51. The average molecular weight is 369 g/mol. The van der Waals surface area contributed by atoms with Crippen LogP contribution in [0.25, 0.3) is 0 Å². The topological polar surface area (TPSA) is 101 Å². The van der Waals surface area contributed by atoms with Gasteiger partial charge in [-0.3, -0.25) is 14.9 Å². The number of anilines is 3. The number of amides is 1. The number of hydrogen-bond acceptors (Lipinski definition) is 5. The Hall–Kier alpha value is -2.51. The number of nitrogens with two attached hydrogens (primary N) is 1. The minimum absolute atomic E-state index is 0.151. The second-order valence-electron chi connectivity index (χ2n) is 5.16. The van der Waals surface area contributed by atoms with Crippen molar-refractivity contribution in [1.82, 2.24) is 0 Å². The predicted octanol–water partition coefficient (Wildman–Crippen LogP) is 3.80. The maximum absolute atomic E-state index is 12.5. The minimum atomic E-state index is -0.562. The van der Waals surface area contributed by atoms with E-state index in [-0.39, 0.29) is 27.0 Å². The maximum Gasteiger partial charge on any atom is 0.270 e. The summed E-state index contributed by atoms with van der Waals surface area (Å²) >= 11 is 11.9. The lowest BCUT2D eigenvalue weighted by atomic mass is 10.1. The van der Waals surface area contributed by atoms with E-state index in [2.05, 4.69) is 5.32 Å². The molecule has 0 radical (unpaired) electrons. The third-order valence-corrected chi connectivity index (χ3v) is 3.88. The molecule has 0 atom stereocenters. The summed E-state index contributed by atoms with van der Waals surface area (Å²) < 4.78 is 0. The first-order chi connectivity index (χ1) is 11.2. The van der Waals surface area contributed by atoms with Crippen molar-refractivity contribution >= 4 is 51.9 Å². The molecule has 1 amide bonds. The van der Waals surface area contributed by atoms with Crippen molar-refractivity contribution in [1.29, 1.82) is 0 Å². The van der Waals surface area contributed by atoms with Gasteiger partial charge in [0.05, 0.1) is 26.2 Å². The zero-order valence-corrected chi connectivity index (χ0v) is 14.4. The highest BCUT2D eigenvalue weighted by Crippen LogP contribution is 2.32. The number of rotatable bonds is 4. The first-order valence-corrected chi connectivity index (χ1v) is 7.48. The van der Waals surface area contributed by atoms with Crippen molar-refractivity contribution in [3.05, 3.63) is 56.1 Å². The van der Waals surface area contributed by atoms with Crippen molar-refractivity contribution in [3.8, 4) is 0 Å². The molecule has 24 heavy (non-hydrogen) atoms. The summed E-state index contributed by atoms with van der Waals surface area (Å²) in [6.45, 7) is 0. The van der Waals surface area contributed by atoms with Gasteiger partial charge in [-0.25, -0.2) is 0 Å². The zero-order valence-electron chi connectivity index (χ0n) is 12.8. The van der Waals surface area contributed by atoms with Crippen LogP contribution in [-0.2, 0) is 0 Å². The van der Waals surface area contributed by atoms with E-state index in [0.717, 1.165) is 0 Å². The van der Waals surface area contributed by atoms with Gasteiger partial charge in [0.15, 0.2) is 0 Å². The summed E-state index contributed by atoms with van der Waals surface area (Å²) in [6.07, 6.45) is 0. The second kappa shape index (κ2) is 6.94. The number of nitro benzene ring substituents is 1. The molecule has 2 aromatic rings. The van der Waals surface area contributed by atoms with Crippen molar-refractivity contribution in [2.45, 2.75) is 0 Å². The molecule has 0 aliphatic rings. The van der Waals surface area contributed by atoms with Crippen molar-refractivity contribution in [2.24, 2.45) is 0 Å². The third kappa shape index (κ3) is 3.69. The summed E-state index contributed by atoms with van der Waals surface area (Å²) in [6, 6.07) is 6.96. The number of carbonyl (C=O) groups excluding carboxylic acids is 1. The predicted molar refractivity (Wildman–Crippen MR) is 96.3 cm³/mol. The standard InChI is InChI=1S/C15H14Cl2N4O3/c1-20(2)13-4-3-9(21(23)24)7-10(13)15(22)19-8-5-11(16)14(18)12(17)6-8/h3-7H,18H2,1-2H3,(H,19,22). The molecule has 0 aliphatic heterocycles. The number of non-ortho nitro benzene ring substituents is 1. The summed E-state index contributed by atoms with van der Waals surface area (Å²) in [7, 11) is 3.46. The summed E-state index contributed by atoms with van der Waals surface area (Å²) in [5.74, 6) is -0.528. The van der Waals surface area contributed by atoms with Crippen LogP contribution in [-0.4, -0.2) is 24.9 Å². The molecule has 0 aromatic heterocycles. The first-order valence-electron chi connectivity index (χ1n) is 6.72. The first kappa shape index (κ1) is 17.8. The van der Waals surface area contributed by atoms with E-state index in [9.17, 15) is 14.9 Å². The highest BCUT2D eigenvalue weighted by atomic mass is 35.5. The Bertz CT molecular complexity index is 801. The number of nitrogen functional groups attached to an aromatic ring is 1. The molecule has 2 rings (SSSR count). The van der Waals surface area contributed by atoms with E-state index >= 15 is 0 Å². The quantitative estimate of drug-likeness (QED) is 0.485. The van der Waals surface area contributed by atoms with Crippen LogP contribution in [0.1, 0.15) is 10.4 Å². The fourth-order valence-electron chi connectivity index (χ4n) is 2.06. The van der Waals surface area contributed by atoms with Gasteiger partial charge in [-0.05, 0) is 18.2 Å². The number of nitrogens with zero attached hydrogens (tertiary/aromatic N) is 2. The number of nitro groups is 1. The van der Waals surface area contributed by atoms with Crippen LogP contribution in [0.4, 0.5) is 22.7 Å². The Morgan fingerprint density at radius 1 is 1.21 bits per heavy atom. The molecular weight excluding hydrogens is 355 g/mol. The van der Waals surface area contributed by atoms with Crippen LogP contribution in [0.2, 0.25) is 10.0 Å². The summed E-state index contributed by atoms with van der Waals surface area (Å²) in [5, 5.41) is 14.0. The minimum Gasteiger partial charge on any atom is -0.396 e. The molecule has 3 N–H and O–H groups in total. The molecule has 0 spiro atoms. The number of halogens is 2. The van der Waals surface area contributed by atoms with E-state index in [1.807, 2.05) is 0 Å². The summed E-state index contributed by atoms with van der Waals surface area (Å²) in [5.41, 5.74) is 6.70. The lowest BCUT2D eigenvalue weighted by Crippen LogP contribution is -2.19. The number of hydrogen-bond donors (Lipinski definition) is 2. The third-order valence-electron chi connectivity index (χ3n) is 3.25. The molecule has 7 nitrogen and oxygen atoms in total. The molecular formula is C15H14Cl2N4O3. The number of nitrogens with one attached hydrogen (secondary N) is 1. The van der Waals surface area contributed by atoms with Crippen LogP contribution < -0.4 is 16.0 Å². The van der Waals surface area contributed by atoms with Gasteiger partial charge < -0.3 is 16.0 Å². The molecule has 0 saturated heterocycles. The maximum atomic E-state index is 12.5. The molecule has 0 saturated carbocycles. The Balaban J connectivity index is 2.42. The normalized spacial score (nSPS) is 10.3. The SMILES string of the molecule is CN(C)c1ccc([N+](=O)[O-])cc1C(=O)Nc1cc(Cl)c(N)c(Cl)c1. The highest BCUT2D eigenvalue weighted by molar-refractivity contribution is 6.39. The van der Waals surface area contributed by atoms with Crippen molar-refractivity contribution < 1.29 is 9.72 Å². The van der Waals surface area contributed by atoms with Crippen LogP contribution in [0.15, 0.2) is 30.3 Å². The summed E-state index contributed by atoms with van der Waals surface area (Å²) in [4.78, 5) is 24.6. The van der Waals surface area contributed by atoms with Crippen molar-refractivity contribution in [3.63, 3.8) is 0 Å². The molecule has 0 aliphatic carbocycles. The fraction of sp³-hybridized carbons (Fsp3) is 0.133. The number of benzene rings is 2. The van der Waals surface area contributed by atoms with Crippen LogP contribution in [0, 0.1) is 10.1 Å². The van der Waals surface area contributed by atoms with Gasteiger partial charge in [-0.1, -0.05) is 23.2 Å². The smallest absolute Gasteiger partial charge is 0.270 e. The van der Waals surface area contributed by atoms with Gasteiger partial charge in [0.25, 0.3) is 11.6 Å². The monoisotopic (exact) mass is 368 g/mol. The fourth-order valence-corrected chi connectivity index (χ4v) is 2.55. The lowest BCUT2D eigenvalue weighted by molar-refractivity contribution is -0.384. The zero-order chi connectivity index (χ0) is 18.0. The van der Waals surface area contributed by atoms with Gasteiger partial charge in [0, 0.05) is 37.6 Å². The van der Waals surface area contributed by atoms with Gasteiger partial charge in [0.2, 0.25) is 0 Å². The van der Waals surface area contributed by atoms with Gasteiger partial charge in [-0.2, -0.15) is 0 Å². The lowest BCUT2D eigenvalue weighted by Gasteiger charge is -2.17. The van der Waals surface area contributed by atoms with E-state index in [1.165, 1.54) is 30.3 Å². The van der Waals surface area contributed by atoms with Crippen LogP contribution in [0.5, 0.6) is 0 Å². The molecule has 0 unspecified atom stereocenters. The Morgan fingerprint density at radius 2 is 1.79 bits per heavy atom. The molecule has 2 aromatic carbocycles. The van der Waals surface area contributed by atoms with Gasteiger partial charge in [0.1, 0.15) is 0 Å². The molecule has 0 bridgehead atoms. The molecule has 126 valence electrons. The largest absolute Gasteiger partial charge is 0.396 e. The number of carbonyl (C=O) groups is 1. The van der Waals surface area contributed by atoms with E-state index in [1.54, 1.807) is 19.0 Å². The molecule has 0 heterocycles.